The van der Waals surface area contributed by atoms with Crippen LogP contribution in [0.5, 0.6) is 0 Å². The zero-order chi connectivity index (χ0) is 21.9. The van der Waals surface area contributed by atoms with Crippen LogP contribution < -0.4 is 0 Å². The molecule has 1 aliphatic rings. The van der Waals surface area contributed by atoms with Crippen molar-refractivity contribution in [2.45, 2.75) is 23.7 Å². The van der Waals surface area contributed by atoms with E-state index in [9.17, 15) is 13.7 Å². The predicted octanol–water partition coefficient (Wildman–Crippen LogP) is 4.45. The lowest BCUT2D eigenvalue weighted by atomic mass is 9.66. The van der Waals surface area contributed by atoms with Gasteiger partial charge in [0.25, 0.3) is 0 Å². The Balaban J connectivity index is 1.64. The molecule has 1 saturated heterocycles. The highest BCUT2D eigenvalue weighted by Crippen LogP contribution is 2.43. The lowest BCUT2D eigenvalue weighted by Crippen LogP contribution is -2.37. The van der Waals surface area contributed by atoms with E-state index in [1.165, 1.54) is 5.06 Å². The summed E-state index contributed by atoms with van der Waals surface area (Å²) >= 11 is 0. The second-order valence-electron chi connectivity index (χ2n) is 7.87. The molecular formula is C25H24N2O3S. The molecular weight excluding hydrogens is 408 g/mol. The molecule has 0 bridgehead atoms. The SMILES string of the molecule is Cc1ccc(S(=O)(=O)ON2CCC(C(C#N)(c3ccccc3)c3ccccc3)C2)cc1. The van der Waals surface area contributed by atoms with Gasteiger partial charge in [0.05, 0.1) is 11.0 Å². The maximum atomic E-state index is 12.7. The smallest absolute Gasteiger partial charge is 0.197 e. The van der Waals surface area contributed by atoms with E-state index in [-0.39, 0.29) is 10.8 Å². The van der Waals surface area contributed by atoms with Crippen LogP contribution in [0.4, 0.5) is 0 Å². The standard InChI is InChI=1S/C25H24N2O3S/c1-20-12-14-24(15-13-20)31(28,29)30-27-17-16-23(18-27)25(19-26,21-8-4-2-5-9-21)22-10-6-3-7-11-22/h2-15,23H,16-18H2,1H3. The first-order valence-electron chi connectivity index (χ1n) is 10.2. The van der Waals surface area contributed by atoms with Gasteiger partial charge in [0.15, 0.2) is 0 Å². The van der Waals surface area contributed by atoms with Gasteiger partial charge in [0.2, 0.25) is 0 Å². The zero-order valence-corrected chi connectivity index (χ0v) is 18.1. The minimum absolute atomic E-state index is 0.124. The van der Waals surface area contributed by atoms with E-state index in [1.54, 1.807) is 24.3 Å². The highest BCUT2D eigenvalue weighted by molar-refractivity contribution is 7.86. The monoisotopic (exact) mass is 432 g/mol. The van der Waals surface area contributed by atoms with Gasteiger partial charge in [0, 0.05) is 19.0 Å². The zero-order valence-electron chi connectivity index (χ0n) is 17.3. The van der Waals surface area contributed by atoms with E-state index in [0.717, 1.165) is 16.7 Å². The largest absolute Gasteiger partial charge is 0.313 e. The predicted molar refractivity (Wildman–Crippen MR) is 118 cm³/mol. The summed E-state index contributed by atoms with van der Waals surface area (Å²) in [6, 6.07) is 28.6. The molecule has 4 rings (SSSR count). The summed E-state index contributed by atoms with van der Waals surface area (Å²) in [6.45, 7) is 2.66. The van der Waals surface area contributed by atoms with Crippen molar-refractivity contribution in [3.05, 3.63) is 102 Å². The Morgan fingerprint density at radius 3 is 2.00 bits per heavy atom. The van der Waals surface area contributed by atoms with Crippen molar-refractivity contribution < 1.29 is 12.7 Å². The van der Waals surface area contributed by atoms with Crippen molar-refractivity contribution in [2.75, 3.05) is 13.1 Å². The molecule has 0 aromatic heterocycles. The van der Waals surface area contributed by atoms with E-state index < -0.39 is 15.5 Å². The number of nitriles is 1. The fraction of sp³-hybridized carbons (Fsp3) is 0.240. The van der Waals surface area contributed by atoms with Gasteiger partial charge in [-0.1, -0.05) is 78.4 Å². The average molecular weight is 433 g/mol. The lowest BCUT2D eigenvalue weighted by Gasteiger charge is -2.33. The molecule has 3 aromatic rings. The first-order valence-corrected chi connectivity index (χ1v) is 11.6. The Bertz CT molecular complexity index is 1130. The van der Waals surface area contributed by atoms with Gasteiger partial charge in [-0.2, -0.15) is 23.0 Å². The van der Waals surface area contributed by atoms with Gasteiger partial charge < -0.3 is 0 Å². The maximum Gasteiger partial charge on any atom is 0.313 e. The number of aryl methyl sites for hydroxylation is 1. The van der Waals surface area contributed by atoms with E-state index in [2.05, 4.69) is 6.07 Å². The molecule has 1 atom stereocenters. The summed E-state index contributed by atoms with van der Waals surface area (Å²) in [5.41, 5.74) is 1.88. The molecule has 5 nitrogen and oxygen atoms in total. The van der Waals surface area contributed by atoms with E-state index in [4.69, 9.17) is 4.28 Å². The van der Waals surface area contributed by atoms with Gasteiger partial charge in [-0.3, -0.25) is 0 Å². The van der Waals surface area contributed by atoms with Crippen molar-refractivity contribution in [3.8, 4) is 6.07 Å². The third-order valence-corrected chi connectivity index (χ3v) is 7.17. The quantitative estimate of drug-likeness (QED) is 0.576. The summed E-state index contributed by atoms with van der Waals surface area (Å²) in [5, 5.41) is 11.9. The molecule has 3 aromatic carbocycles. The Hall–Kier alpha value is -2.98. The van der Waals surface area contributed by atoms with Crippen LogP contribution in [-0.4, -0.2) is 26.6 Å². The van der Waals surface area contributed by atoms with Crippen molar-refractivity contribution in [2.24, 2.45) is 5.92 Å². The van der Waals surface area contributed by atoms with Crippen molar-refractivity contribution in [1.82, 2.24) is 5.06 Å². The van der Waals surface area contributed by atoms with Gasteiger partial charge >= 0.3 is 10.1 Å². The van der Waals surface area contributed by atoms with Crippen LogP contribution in [0.15, 0.2) is 89.8 Å². The van der Waals surface area contributed by atoms with Gasteiger partial charge in [0.1, 0.15) is 5.41 Å². The molecule has 1 aliphatic heterocycles. The minimum atomic E-state index is -3.92. The Morgan fingerprint density at radius 1 is 0.935 bits per heavy atom. The van der Waals surface area contributed by atoms with Gasteiger partial charge in [-0.25, -0.2) is 0 Å². The molecule has 6 heteroatoms. The van der Waals surface area contributed by atoms with Crippen molar-refractivity contribution >= 4 is 10.1 Å². The number of benzene rings is 3. The fourth-order valence-corrected chi connectivity index (χ4v) is 5.27. The molecule has 0 aliphatic carbocycles. The summed E-state index contributed by atoms with van der Waals surface area (Å²) in [5.74, 6) is -0.129. The van der Waals surface area contributed by atoms with E-state index >= 15 is 0 Å². The molecule has 158 valence electrons. The summed E-state index contributed by atoms with van der Waals surface area (Å²) in [6.07, 6.45) is 0.640. The molecule has 1 heterocycles. The number of rotatable bonds is 6. The number of nitrogens with zero attached hydrogens (tertiary/aromatic N) is 2. The minimum Gasteiger partial charge on any atom is -0.197 e. The fourth-order valence-electron chi connectivity index (χ4n) is 4.30. The molecule has 1 fully saturated rings. The molecule has 1 unspecified atom stereocenters. The molecule has 31 heavy (non-hydrogen) atoms. The second-order valence-corrected chi connectivity index (χ2v) is 9.40. The third kappa shape index (κ3) is 4.13. The maximum absolute atomic E-state index is 12.7. The van der Waals surface area contributed by atoms with Crippen LogP contribution in [-0.2, 0) is 19.8 Å². The Kier molecular flexibility index (Phi) is 5.92. The number of hydrogen-bond acceptors (Lipinski definition) is 5. The molecule has 0 saturated carbocycles. The summed E-state index contributed by atoms with van der Waals surface area (Å²) in [4.78, 5) is 0.124. The first-order chi connectivity index (χ1) is 15.0. The highest BCUT2D eigenvalue weighted by atomic mass is 32.2. The van der Waals surface area contributed by atoms with E-state index in [0.29, 0.717) is 19.5 Å². The average Bonchev–Trinajstić information content (AvgIpc) is 3.24. The second kappa shape index (κ2) is 8.64. The number of hydroxylamine groups is 2. The molecule has 0 amide bonds. The van der Waals surface area contributed by atoms with Gasteiger partial charge in [-0.15, -0.1) is 0 Å². The molecule has 0 radical (unpaired) electrons. The van der Waals surface area contributed by atoms with Gasteiger partial charge in [-0.05, 0) is 36.6 Å². The van der Waals surface area contributed by atoms with Crippen molar-refractivity contribution in [1.29, 1.82) is 5.26 Å². The topological polar surface area (TPSA) is 70.4 Å². The van der Waals surface area contributed by atoms with Crippen molar-refractivity contribution in [3.63, 3.8) is 0 Å². The van der Waals surface area contributed by atoms with Crippen LogP contribution in [0.1, 0.15) is 23.1 Å². The van der Waals surface area contributed by atoms with Crippen LogP contribution in [0.2, 0.25) is 0 Å². The Labute approximate surface area is 183 Å². The first kappa shape index (κ1) is 21.3. The van der Waals surface area contributed by atoms with Crippen LogP contribution in [0.3, 0.4) is 0 Å². The molecule has 0 N–H and O–H groups in total. The summed E-state index contributed by atoms with van der Waals surface area (Å²) < 4.78 is 30.9. The Morgan fingerprint density at radius 2 is 1.48 bits per heavy atom. The normalized spacial score (nSPS) is 17.4. The van der Waals surface area contributed by atoms with Crippen LogP contribution in [0, 0.1) is 24.2 Å². The van der Waals surface area contributed by atoms with Crippen LogP contribution >= 0.6 is 0 Å². The third-order valence-electron chi connectivity index (χ3n) is 5.91. The number of hydrogen-bond donors (Lipinski definition) is 0. The van der Waals surface area contributed by atoms with E-state index in [1.807, 2.05) is 67.6 Å². The molecule has 0 spiro atoms. The summed E-state index contributed by atoms with van der Waals surface area (Å²) in [7, 11) is -3.92. The highest BCUT2D eigenvalue weighted by Gasteiger charge is 2.46. The lowest BCUT2D eigenvalue weighted by molar-refractivity contribution is -0.0322. The van der Waals surface area contributed by atoms with Crippen LogP contribution in [0.25, 0.3) is 0 Å².